The number of aliphatic hydroxyl groups is 1. The second-order valence-electron chi connectivity index (χ2n) is 4.10. The Bertz CT molecular complexity index is 328. The van der Waals surface area contributed by atoms with Gasteiger partial charge in [-0.1, -0.05) is 12.1 Å². The molecule has 16 heavy (non-hydrogen) atoms. The van der Waals surface area contributed by atoms with Crippen molar-refractivity contribution >= 4 is 11.8 Å². The van der Waals surface area contributed by atoms with Gasteiger partial charge in [-0.3, -0.25) is 0 Å². The number of benzene rings is 1. The summed E-state index contributed by atoms with van der Waals surface area (Å²) in [4.78, 5) is 0. The second-order valence-corrected chi connectivity index (χ2v) is 5.33. The van der Waals surface area contributed by atoms with Crippen molar-refractivity contribution in [3.05, 3.63) is 29.8 Å². The van der Waals surface area contributed by atoms with Gasteiger partial charge in [0.05, 0.1) is 12.2 Å². The van der Waals surface area contributed by atoms with Gasteiger partial charge in [0.2, 0.25) is 0 Å². The Kier molecular flexibility index (Phi) is 3.77. The number of hydrogen-bond acceptors (Lipinski definition) is 3. The van der Waals surface area contributed by atoms with Crippen molar-refractivity contribution in [2.45, 2.75) is 25.4 Å². The zero-order valence-corrected chi connectivity index (χ0v) is 10.4. The number of hydrogen-bond donors (Lipinski definition) is 1. The molecule has 1 saturated heterocycles. The molecule has 1 fully saturated rings. The smallest absolute Gasteiger partial charge is 0.119 e. The van der Waals surface area contributed by atoms with Crippen molar-refractivity contribution in [3.63, 3.8) is 0 Å². The molecule has 0 unspecified atom stereocenters. The van der Waals surface area contributed by atoms with E-state index >= 15 is 0 Å². The Hall–Kier alpha value is -0.670. The van der Waals surface area contributed by atoms with Crippen LogP contribution in [0.15, 0.2) is 24.3 Å². The summed E-state index contributed by atoms with van der Waals surface area (Å²) in [5.41, 5.74) is 0.409. The Morgan fingerprint density at radius 3 is 2.44 bits per heavy atom. The molecule has 2 nitrogen and oxygen atoms in total. The van der Waals surface area contributed by atoms with Crippen LogP contribution in [0.25, 0.3) is 0 Å². The van der Waals surface area contributed by atoms with Crippen LogP contribution in [0.4, 0.5) is 0 Å². The molecule has 1 aromatic carbocycles. The van der Waals surface area contributed by atoms with Gasteiger partial charge >= 0.3 is 0 Å². The molecule has 0 amide bonds. The van der Waals surface area contributed by atoms with E-state index < -0.39 is 5.60 Å². The minimum atomic E-state index is -0.615. The van der Waals surface area contributed by atoms with Gasteiger partial charge in [-0.15, -0.1) is 0 Å². The predicted octanol–water partition coefficient (Wildman–Crippen LogP) is 2.80. The van der Waals surface area contributed by atoms with Crippen molar-refractivity contribution in [2.24, 2.45) is 0 Å². The molecule has 0 saturated carbocycles. The fraction of sp³-hybridized carbons (Fsp3) is 0.538. The monoisotopic (exact) mass is 238 g/mol. The summed E-state index contributed by atoms with van der Waals surface area (Å²) in [6.45, 7) is 2.65. The summed E-state index contributed by atoms with van der Waals surface area (Å²) < 4.78 is 5.40. The highest BCUT2D eigenvalue weighted by Gasteiger charge is 2.31. The molecule has 1 heterocycles. The van der Waals surface area contributed by atoms with Crippen molar-refractivity contribution in [1.82, 2.24) is 0 Å². The van der Waals surface area contributed by atoms with Gasteiger partial charge < -0.3 is 9.84 Å². The molecular formula is C13H18O2S. The average molecular weight is 238 g/mol. The fourth-order valence-corrected chi connectivity index (χ4v) is 3.19. The Morgan fingerprint density at radius 2 is 1.88 bits per heavy atom. The molecule has 1 aliphatic rings. The molecular weight excluding hydrogens is 220 g/mol. The first-order valence-electron chi connectivity index (χ1n) is 5.78. The molecule has 0 atom stereocenters. The molecule has 1 N–H and O–H groups in total. The van der Waals surface area contributed by atoms with Crippen LogP contribution < -0.4 is 4.74 Å². The van der Waals surface area contributed by atoms with Gasteiger partial charge in [-0.05, 0) is 49.0 Å². The van der Waals surface area contributed by atoms with Crippen molar-refractivity contribution in [2.75, 3.05) is 18.1 Å². The lowest BCUT2D eigenvalue weighted by Gasteiger charge is -2.32. The van der Waals surface area contributed by atoms with Gasteiger partial charge in [0.15, 0.2) is 0 Å². The van der Waals surface area contributed by atoms with Gasteiger partial charge in [-0.25, -0.2) is 0 Å². The Morgan fingerprint density at radius 1 is 1.25 bits per heavy atom. The first kappa shape index (κ1) is 11.8. The standard InChI is InChI=1S/C13H18O2S/c1-2-15-12-5-3-11(4-6-12)13(14)7-9-16-10-8-13/h3-6,14H,2,7-10H2,1H3. The van der Waals surface area contributed by atoms with Crippen LogP contribution in [0.5, 0.6) is 5.75 Å². The van der Waals surface area contributed by atoms with E-state index in [9.17, 15) is 5.11 Å². The van der Waals surface area contributed by atoms with Gasteiger partial charge in [0.25, 0.3) is 0 Å². The van der Waals surface area contributed by atoms with Gasteiger partial charge in [0, 0.05) is 0 Å². The molecule has 2 rings (SSSR count). The quantitative estimate of drug-likeness (QED) is 0.878. The van der Waals surface area contributed by atoms with E-state index in [1.165, 1.54) is 0 Å². The van der Waals surface area contributed by atoms with E-state index in [-0.39, 0.29) is 0 Å². The lowest BCUT2D eigenvalue weighted by atomic mass is 9.88. The highest BCUT2D eigenvalue weighted by molar-refractivity contribution is 7.99. The Labute approximate surface area is 101 Å². The lowest BCUT2D eigenvalue weighted by molar-refractivity contribution is 0.0280. The van der Waals surface area contributed by atoms with Crippen LogP contribution in [0.1, 0.15) is 25.3 Å². The van der Waals surface area contributed by atoms with E-state index in [1.807, 2.05) is 43.0 Å². The van der Waals surface area contributed by atoms with E-state index in [4.69, 9.17) is 4.74 Å². The summed E-state index contributed by atoms with van der Waals surface area (Å²) in [6.07, 6.45) is 1.71. The maximum absolute atomic E-state index is 10.5. The molecule has 0 bridgehead atoms. The molecule has 3 heteroatoms. The van der Waals surface area contributed by atoms with Crippen molar-refractivity contribution < 1.29 is 9.84 Å². The van der Waals surface area contributed by atoms with Crippen molar-refractivity contribution in [3.8, 4) is 5.75 Å². The lowest BCUT2D eigenvalue weighted by Crippen LogP contribution is -2.30. The molecule has 1 aromatic rings. The van der Waals surface area contributed by atoms with Gasteiger partial charge in [0.1, 0.15) is 5.75 Å². The zero-order valence-electron chi connectivity index (χ0n) is 9.61. The summed E-state index contributed by atoms with van der Waals surface area (Å²) in [5, 5.41) is 10.5. The maximum Gasteiger partial charge on any atom is 0.119 e. The van der Waals surface area contributed by atoms with E-state index in [0.717, 1.165) is 35.7 Å². The number of rotatable bonds is 3. The number of ether oxygens (including phenoxy) is 1. The summed E-state index contributed by atoms with van der Waals surface area (Å²) in [5.74, 6) is 2.97. The van der Waals surface area contributed by atoms with Crippen LogP contribution in [-0.2, 0) is 5.60 Å². The van der Waals surface area contributed by atoms with Gasteiger partial charge in [-0.2, -0.15) is 11.8 Å². The minimum absolute atomic E-state index is 0.615. The third-order valence-electron chi connectivity index (χ3n) is 3.02. The largest absolute Gasteiger partial charge is 0.494 e. The molecule has 0 spiro atoms. The van der Waals surface area contributed by atoms with Crippen LogP contribution in [-0.4, -0.2) is 23.2 Å². The SMILES string of the molecule is CCOc1ccc(C2(O)CCSCC2)cc1. The summed E-state index contributed by atoms with van der Waals surface area (Å²) >= 11 is 1.92. The zero-order chi connectivity index (χ0) is 11.4. The summed E-state index contributed by atoms with van der Waals surface area (Å²) in [6, 6.07) is 7.86. The third-order valence-corrected chi connectivity index (χ3v) is 4.01. The fourth-order valence-electron chi connectivity index (χ4n) is 2.03. The minimum Gasteiger partial charge on any atom is -0.494 e. The second kappa shape index (κ2) is 5.11. The molecule has 0 aromatic heterocycles. The normalized spacial score (nSPS) is 19.4. The molecule has 0 aliphatic carbocycles. The van der Waals surface area contributed by atoms with Crippen molar-refractivity contribution in [1.29, 1.82) is 0 Å². The summed E-state index contributed by atoms with van der Waals surface area (Å²) in [7, 11) is 0. The molecule has 88 valence electrons. The third kappa shape index (κ3) is 2.53. The average Bonchev–Trinajstić information content (AvgIpc) is 2.31. The molecule has 1 aliphatic heterocycles. The highest BCUT2D eigenvalue weighted by Crippen LogP contribution is 2.36. The first-order chi connectivity index (χ1) is 7.74. The number of thioether (sulfide) groups is 1. The van der Waals surface area contributed by atoms with Crippen LogP contribution in [0.3, 0.4) is 0 Å². The highest BCUT2D eigenvalue weighted by atomic mass is 32.2. The predicted molar refractivity (Wildman–Crippen MR) is 68.1 cm³/mol. The molecule has 0 radical (unpaired) electrons. The topological polar surface area (TPSA) is 29.5 Å². The van der Waals surface area contributed by atoms with Crippen LogP contribution in [0.2, 0.25) is 0 Å². The maximum atomic E-state index is 10.5. The van der Waals surface area contributed by atoms with Crippen LogP contribution >= 0.6 is 11.8 Å². The van der Waals surface area contributed by atoms with E-state index in [0.29, 0.717) is 6.61 Å². The van der Waals surface area contributed by atoms with E-state index in [2.05, 4.69) is 0 Å². The first-order valence-corrected chi connectivity index (χ1v) is 6.93. The van der Waals surface area contributed by atoms with E-state index in [1.54, 1.807) is 0 Å². The van der Waals surface area contributed by atoms with Crippen LogP contribution in [0, 0.1) is 0 Å². The Balaban J connectivity index is 2.13.